The quantitative estimate of drug-likeness (QED) is 0.854. The Morgan fingerprint density at radius 3 is 2.71 bits per heavy atom. The van der Waals surface area contributed by atoms with Crippen LogP contribution in [0.25, 0.3) is 10.9 Å². The van der Waals surface area contributed by atoms with Crippen molar-refractivity contribution in [1.29, 1.82) is 0 Å². The molecule has 0 bridgehead atoms. The second kappa shape index (κ2) is 4.56. The van der Waals surface area contributed by atoms with Gasteiger partial charge >= 0.3 is 0 Å². The minimum Gasteiger partial charge on any atom is -0.350 e. The molecule has 0 spiro atoms. The Kier molecular flexibility index (Phi) is 3.28. The van der Waals surface area contributed by atoms with Gasteiger partial charge in [-0.15, -0.1) is 0 Å². The number of amides is 1. The van der Waals surface area contributed by atoms with Gasteiger partial charge in [-0.2, -0.15) is 0 Å². The summed E-state index contributed by atoms with van der Waals surface area (Å²) < 4.78 is 0. The first-order valence-corrected chi connectivity index (χ1v) is 5.58. The molecule has 17 heavy (non-hydrogen) atoms. The molecule has 0 saturated carbocycles. The number of nitrogens with one attached hydrogen (secondary N) is 1. The highest BCUT2D eigenvalue weighted by molar-refractivity contribution is 6.38. The molecule has 0 fully saturated rings. The van der Waals surface area contributed by atoms with Crippen LogP contribution in [0.1, 0.15) is 10.5 Å². The minimum atomic E-state index is -0.282. The first-order valence-electron chi connectivity index (χ1n) is 4.83. The molecule has 0 unspecified atom stereocenters. The van der Waals surface area contributed by atoms with Gasteiger partial charge in [0.05, 0.1) is 12.1 Å². The molecule has 1 aromatic carbocycles. The number of hydrogen-bond acceptors (Lipinski definition) is 2. The molecule has 0 saturated heterocycles. The van der Waals surface area contributed by atoms with Crippen molar-refractivity contribution < 1.29 is 9.63 Å². The fraction of sp³-hybridized carbons (Fsp3) is 0.182. The molecule has 0 atom stereocenters. The predicted molar refractivity (Wildman–Crippen MR) is 67.4 cm³/mol. The lowest BCUT2D eigenvalue weighted by atomic mass is 10.2. The molecule has 6 heteroatoms. The van der Waals surface area contributed by atoms with Crippen LogP contribution in [0.5, 0.6) is 0 Å². The lowest BCUT2D eigenvalue weighted by molar-refractivity contribution is -0.0759. The van der Waals surface area contributed by atoms with E-state index in [1.165, 1.54) is 14.2 Å². The number of carbonyl (C=O) groups excluding carboxylic acids is 1. The van der Waals surface area contributed by atoms with Crippen molar-refractivity contribution in [2.45, 2.75) is 0 Å². The molecule has 2 aromatic rings. The monoisotopic (exact) mass is 272 g/mol. The molecule has 1 aromatic heterocycles. The summed E-state index contributed by atoms with van der Waals surface area (Å²) in [6, 6.07) is 5.02. The zero-order valence-corrected chi connectivity index (χ0v) is 10.8. The number of aromatic nitrogens is 1. The lowest BCUT2D eigenvalue weighted by Crippen LogP contribution is -2.25. The molecule has 0 aliphatic rings. The SMILES string of the molecule is CON(C)C(=O)c1cc2c(Cl)cc(Cl)cc2[nH]1. The molecule has 0 aliphatic carbocycles. The van der Waals surface area contributed by atoms with Crippen LogP contribution in [0.15, 0.2) is 18.2 Å². The summed E-state index contributed by atoms with van der Waals surface area (Å²) in [4.78, 5) is 19.6. The summed E-state index contributed by atoms with van der Waals surface area (Å²) in [7, 11) is 2.95. The van der Waals surface area contributed by atoms with Crippen LogP contribution in [0, 0.1) is 0 Å². The average Bonchev–Trinajstić information content (AvgIpc) is 2.70. The van der Waals surface area contributed by atoms with Crippen LogP contribution >= 0.6 is 23.2 Å². The Morgan fingerprint density at radius 1 is 1.35 bits per heavy atom. The highest BCUT2D eigenvalue weighted by atomic mass is 35.5. The average molecular weight is 273 g/mol. The molecule has 4 nitrogen and oxygen atoms in total. The van der Waals surface area contributed by atoms with E-state index in [9.17, 15) is 4.79 Å². The van der Waals surface area contributed by atoms with Gasteiger partial charge in [0.1, 0.15) is 5.69 Å². The first kappa shape index (κ1) is 12.2. The maximum Gasteiger partial charge on any atom is 0.293 e. The standard InChI is InChI=1S/C11H10Cl2N2O2/c1-15(17-2)11(16)10-5-7-8(13)3-6(12)4-9(7)14-10/h3-5,14H,1-2H3. The number of hydrogen-bond donors (Lipinski definition) is 1. The van der Waals surface area contributed by atoms with E-state index in [0.29, 0.717) is 15.7 Å². The number of rotatable bonds is 2. The van der Waals surface area contributed by atoms with Gasteiger partial charge in [-0.05, 0) is 18.2 Å². The molecular weight excluding hydrogens is 263 g/mol. The van der Waals surface area contributed by atoms with Crippen LogP contribution in [0.2, 0.25) is 10.0 Å². The lowest BCUT2D eigenvalue weighted by Gasteiger charge is -2.11. The Labute approximate surface area is 108 Å². The van der Waals surface area contributed by atoms with E-state index in [0.717, 1.165) is 16.0 Å². The number of fused-ring (bicyclic) bond motifs is 1. The van der Waals surface area contributed by atoms with Gasteiger partial charge in [0.25, 0.3) is 5.91 Å². The predicted octanol–water partition coefficient (Wildman–Crippen LogP) is 3.11. The van der Waals surface area contributed by atoms with E-state index in [-0.39, 0.29) is 5.91 Å². The van der Waals surface area contributed by atoms with Crippen molar-refractivity contribution in [2.75, 3.05) is 14.2 Å². The van der Waals surface area contributed by atoms with E-state index in [2.05, 4.69) is 4.98 Å². The van der Waals surface area contributed by atoms with Gasteiger partial charge in [0, 0.05) is 23.0 Å². The molecule has 1 N–H and O–H groups in total. The van der Waals surface area contributed by atoms with Gasteiger partial charge in [-0.1, -0.05) is 23.2 Å². The van der Waals surface area contributed by atoms with Crippen LogP contribution in [-0.4, -0.2) is 30.1 Å². The number of carbonyl (C=O) groups is 1. The van der Waals surface area contributed by atoms with Crippen molar-refractivity contribution in [1.82, 2.24) is 10.0 Å². The third-order valence-corrected chi connectivity index (χ3v) is 2.97. The summed E-state index contributed by atoms with van der Waals surface area (Å²) in [6.45, 7) is 0. The zero-order valence-electron chi connectivity index (χ0n) is 9.25. The molecule has 0 aliphatic heterocycles. The fourth-order valence-electron chi connectivity index (χ4n) is 1.53. The smallest absolute Gasteiger partial charge is 0.293 e. The molecule has 90 valence electrons. The van der Waals surface area contributed by atoms with E-state index < -0.39 is 0 Å². The van der Waals surface area contributed by atoms with Gasteiger partial charge in [0.15, 0.2) is 0 Å². The van der Waals surface area contributed by atoms with Gasteiger partial charge in [0.2, 0.25) is 0 Å². The van der Waals surface area contributed by atoms with Crippen molar-refractivity contribution in [3.8, 4) is 0 Å². The van der Waals surface area contributed by atoms with Gasteiger partial charge in [-0.25, -0.2) is 5.06 Å². The summed E-state index contributed by atoms with van der Waals surface area (Å²) >= 11 is 11.9. The molecule has 2 rings (SSSR count). The Morgan fingerprint density at radius 2 is 2.06 bits per heavy atom. The third kappa shape index (κ3) is 2.24. The molecule has 1 heterocycles. The van der Waals surface area contributed by atoms with E-state index in [1.54, 1.807) is 18.2 Å². The van der Waals surface area contributed by atoms with Crippen LogP contribution in [-0.2, 0) is 4.84 Å². The van der Waals surface area contributed by atoms with Crippen LogP contribution in [0.4, 0.5) is 0 Å². The number of halogens is 2. The summed E-state index contributed by atoms with van der Waals surface area (Å²) in [5.41, 5.74) is 1.11. The van der Waals surface area contributed by atoms with Crippen LogP contribution in [0.3, 0.4) is 0 Å². The zero-order chi connectivity index (χ0) is 12.6. The number of benzene rings is 1. The number of aromatic amines is 1. The van der Waals surface area contributed by atoms with Crippen molar-refractivity contribution in [3.63, 3.8) is 0 Å². The maximum absolute atomic E-state index is 11.8. The summed E-state index contributed by atoms with van der Waals surface area (Å²) in [5, 5.41) is 2.90. The minimum absolute atomic E-state index is 0.282. The molecule has 1 amide bonds. The maximum atomic E-state index is 11.8. The first-order chi connectivity index (χ1) is 8.02. The fourth-order valence-corrected chi connectivity index (χ4v) is 2.08. The van der Waals surface area contributed by atoms with Crippen LogP contribution < -0.4 is 0 Å². The highest BCUT2D eigenvalue weighted by Gasteiger charge is 2.15. The number of nitrogens with zero attached hydrogens (tertiary/aromatic N) is 1. The Bertz CT molecular complexity index is 580. The third-order valence-electron chi connectivity index (χ3n) is 2.44. The highest BCUT2D eigenvalue weighted by Crippen LogP contribution is 2.28. The summed E-state index contributed by atoms with van der Waals surface area (Å²) in [5.74, 6) is -0.282. The second-order valence-electron chi connectivity index (χ2n) is 3.52. The van der Waals surface area contributed by atoms with Crippen molar-refractivity contribution in [2.24, 2.45) is 0 Å². The van der Waals surface area contributed by atoms with E-state index in [4.69, 9.17) is 28.0 Å². The van der Waals surface area contributed by atoms with Gasteiger partial charge in [-0.3, -0.25) is 9.63 Å². The topological polar surface area (TPSA) is 45.3 Å². The van der Waals surface area contributed by atoms with Gasteiger partial charge < -0.3 is 4.98 Å². The largest absolute Gasteiger partial charge is 0.350 e. The van der Waals surface area contributed by atoms with Crippen molar-refractivity contribution in [3.05, 3.63) is 33.9 Å². The summed E-state index contributed by atoms with van der Waals surface area (Å²) in [6.07, 6.45) is 0. The van der Waals surface area contributed by atoms with E-state index in [1.807, 2.05) is 0 Å². The molecule has 0 radical (unpaired) electrons. The van der Waals surface area contributed by atoms with E-state index >= 15 is 0 Å². The normalized spacial score (nSPS) is 10.8. The molecular formula is C11H10Cl2N2O2. The second-order valence-corrected chi connectivity index (χ2v) is 4.36. The Balaban J connectivity index is 2.52. The number of hydroxylamine groups is 2. The van der Waals surface area contributed by atoms with Crippen molar-refractivity contribution >= 4 is 40.0 Å². The Hall–Kier alpha value is -1.23. The number of H-pyrrole nitrogens is 1.